The molecule has 52 valence electrons. The van der Waals surface area contributed by atoms with Gasteiger partial charge in [0.1, 0.15) is 6.61 Å². The number of rotatable bonds is 2. The molecule has 0 bridgehead atoms. The second kappa shape index (κ2) is 3.76. The summed E-state index contributed by atoms with van der Waals surface area (Å²) in [5, 5.41) is 24.0. The summed E-state index contributed by atoms with van der Waals surface area (Å²) in [6.45, 7) is -0.493. The Bertz CT molecular complexity index is 49.7. The summed E-state index contributed by atoms with van der Waals surface area (Å²) in [6.07, 6.45) is 0. The van der Waals surface area contributed by atoms with Crippen LogP contribution in [0.1, 0.15) is 0 Å². The fourth-order valence-corrected chi connectivity index (χ4v) is 0.194. The van der Waals surface area contributed by atoms with Gasteiger partial charge in [0.25, 0.3) is 5.97 Å². The van der Waals surface area contributed by atoms with Crippen molar-refractivity contribution < 1.29 is 20.1 Å². The van der Waals surface area contributed by atoms with Gasteiger partial charge in [0.2, 0.25) is 0 Å². The Kier molecular flexibility index (Phi) is 5.04. The molecule has 0 rings (SSSR count). The Hall–Kier alpha value is -0.200. The number of methoxy groups -OCH3 is 1. The van der Waals surface area contributed by atoms with E-state index in [2.05, 4.69) is 4.74 Å². The lowest BCUT2D eigenvalue weighted by molar-refractivity contribution is -0.329. The standard InChI is InChI=1S/C3H8O4.H3N/c1-7-2-3(4,5)6;/h4-6H,2H2,1H3;1H3. The first-order valence-corrected chi connectivity index (χ1v) is 1.72. The van der Waals surface area contributed by atoms with E-state index in [4.69, 9.17) is 15.3 Å². The largest absolute Gasteiger partial charge is 0.376 e. The fraction of sp³-hybridized carbons (Fsp3) is 1.00. The van der Waals surface area contributed by atoms with Gasteiger partial charge in [-0.05, 0) is 0 Å². The SMILES string of the molecule is COCC(O)(O)O.N. The van der Waals surface area contributed by atoms with Gasteiger partial charge in [-0.1, -0.05) is 0 Å². The summed E-state index contributed by atoms with van der Waals surface area (Å²) in [5.74, 6) is -2.67. The zero-order valence-electron chi connectivity index (χ0n) is 4.66. The summed E-state index contributed by atoms with van der Waals surface area (Å²) in [7, 11) is 1.25. The van der Waals surface area contributed by atoms with E-state index in [-0.39, 0.29) is 6.15 Å². The van der Waals surface area contributed by atoms with Crippen LogP contribution >= 0.6 is 0 Å². The maximum atomic E-state index is 8.00. The maximum Gasteiger partial charge on any atom is 0.300 e. The third-order valence-corrected chi connectivity index (χ3v) is 0.338. The molecule has 0 saturated carbocycles. The van der Waals surface area contributed by atoms with Crippen molar-refractivity contribution in [2.24, 2.45) is 0 Å². The molecule has 0 aromatic carbocycles. The van der Waals surface area contributed by atoms with E-state index >= 15 is 0 Å². The van der Waals surface area contributed by atoms with Gasteiger partial charge >= 0.3 is 0 Å². The normalized spacial score (nSPS) is 10.5. The summed E-state index contributed by atoms with van der Waals surface area (Å²) in [6, 6.07) is 0. The van der Waals surface area contributed by atoms with E-state index in [1.54, 1.807) is 0 Å². The van der Waals surface area contributed by atoms with Crippen molar-refractivity contribution >= 4 is 0 Å². The second-order valence-corrected chi connectivity index (χ2v) is 1.21. The predicted molar refractivity (Wildman–Crippen MR) is 26.3 cm³/mol. The Morgan fingerprint density at radius 1 is 1.38 bits per heavy atom. The summed E-state index contributed by atoms with van der Waals surface area (Å²) < 4.78 is 4.16. The number of hydrogen-bond acceptors (Lipinski definition) is 5. The average Bonchev–Trinajstić information content (AvgIpc) is 1.30. The molecule has 0 unspecified atom stereocenters. The van der Waals surface area contributed by atoms with Crippen molar-refractivity contribution in [1.29, 1.82) is 0 Å². The predicted octanol–water partition coefficient (Wildman–Crippen LogP) is -1.57. The minimum atomic E-state index is -2.67. The molecule has 0 aliphatic heterocycles. The lowest BCUT2D eigenvalue weighted by Crippen LogP contribution is -2.32. The van der Waals surface area contributed by atoms with Crippen LogP contribution in [0.2, 0.25) is 0 Å². The zero-order chi connectivity index (χ0) is 5.91. The molecule has 0 saturated heterocycles. The highest BCUT2D eigenvalue weighted by Crippen LogP contribution is 1.89. The van der Waals surface area contributed by atoms with Crippen molar-refractivity contribution in [2.45, 2.75) is 5.97 Å². The van der Waals surface area contributed by atoms with Gasteiger partial charge in [0, 0.05) is 7.11 Å². The number of aliphatic hydroxyl groups is 3. The monoisotopic (exact) mass is 125 g/mol. The minimum absolute atomic E-state index is 0. The highest BCUT2D eigenvalue weighted by molar-refractivity contribution is 4.38. The molecule has 0 fully saturated rings. The van der Waals surface area contributed by atoms with Gasteiger partial charge in [-0.25, -0.2) is 0 Å². The minimum Gasteiger partial charge on any atom is -0.376 e. The van der Waals surface area contributed by atoms with Gasteiger partial charge in [0.15, 0.2) is 0 Å². The van der Waals surface area contributed by atoms with Gasteiger partial charge in [-0.2, -0.15) is 0 Å². The van der Waals surface area contributed by atoms with Crippen molar-refractivity contribution in [1.82, 2.24) is 6.15 Å². The third-order valence-electron chi connectivity index (χ3n) is 0.338. The molecule has 0 aromatic rings. The van der Waals surface area contributed by atoms with Crippen molar-refractivity contribution in [3.05, 3.63) is 0 Å². The molecule has 0 radical (unpaired) electrons. The average molecular weight is 125 g/mol. The van der Waals surface area contributed by atoms with Crippen LogP contribution < -0.4 is 6.15 Å². The van der Waals surface area contributed by atoms with Crippen LogP contribution in [0.4, 0.5) is 0 Å². The summed E-state index contributed by atoms with van der Waals surface area (Å²) >= 11 is 0. The van der Waals surface area contributed by atoms with Crippen LogP contribution in [-0.4, -0.2) is 35.0 Å². The molecule has 0 atom stereocenters. The summed E-state index contributed by atoms with van der Waals surface area (Å²) in [5.41, 5.74) is 0. The molecule has 0 amide bonds. The first kappa shape index (κ1) is 10.7. The molecule has 0 aliphatic rings. The molecule has 0 aromatic heterocycles. The molecule has 5 heteroatoms. The van der Waals surface area contributed by atoms with E-state index in [0.717, 1.165) is 0 Å². The molecule has 0 aliphatic carbocycles. The quantitative estimate of drug-likeness (QED) is 0.333. The van der Waals surface area contributed by atoms with Crippen LogP contribution in [0.15, 0.2) is 0 Å². The van der Waals surface area contributed by atoms with Gasteiger partial charge in [-0.15, -0.1) is 0 Å². The Balaban J connectivity index is 0. The third kappa shape index (κ3) is 9.25. The van der Waals surface area contributed by atoms with Crippen LogP contribution in [-0.2, 0) is 4.74 Å². The van der Waals surface area contributed by atoms with E-state index in [0.29, 0.717) is 0 Å². The Labute approximate surface area is 47.1 Å². The van der Waals surface area contributed by atoms with E-state index < -0.39 is 12.6 Å². The molecule has 0 spiro atoms. The molecule has 5 nitrogen and oxygen atoms in total. The Morgan fingerprint density at radius 2 is 1.75 bits per heavy atom. The van der Waals surface area contributed by atoms with Crippen molar-refractivity contribution in [3.63, 3.8) is 0 Å². The van der Waals surface area contributed by atoms with Gasteiger partial charge in [-0.3, -0.25) is 0 Å². The first-order valence-electron chi connectivity index (χ1n) is 1.72. The summed E-state index contributed by atoms with van der Waals surface area (Å²) in [4.78, 5) is 0. The van der Waals surface area contributed by atoms with Crippen LogP contribution in [0, 0.1) is 0 Å². The fourth-order valence-electron chi connectivity index (χ4n) is 0.194. The topological polar surface area (TPSA) is 105 Å². The maximum absolute atomic E-state index is 8.00. The zero-order valence-corrected chi connectivity index (χ0v) is 4.66. The molecule has 6 N–H and O–H groups in total. The van der Waals surface area contributed by atoms with Crippen molar-refractivity contribution in [3.8, 4) is 0 Å². The number of ether oxygens (including phenoxy) is 1. The van der Waals surface area contributed by atoms with Crippen molar-refractivity contribution in [2.75, 3.05) is 13.7 Å². The molecular formula is C3H11NO4. The number of hydrogen-bond donors (Lipinski definition) is 4. The second-order valence-electron chi connectivity index (χ2n) is 1.21. The lowest BCUT2D eigenvalue weighted by Gasteiger charge is -2.10. The van der Waals surface area contributed by atoms with Crippen LogP contribution in [0.25, 0.3) is 0 Å². The van der Waals surface area contributed by atoms with E-state index in [9.17, 15) is 0 Å². The van der Waals surface area contributed by atoms with Crippen LogP contribution in [0.3, 0.4) is 0 Å². The molecular weight excluding hydrogens is 114 g/mol. The first-order chi connectivity index (χ1) is 3.06. The molecule has 8 heavy (non-hydrogen) atoms. The van der Waals surface area contributed by atoms with E-state index in [1.165, 1.54) is 7.11 Å². The smallest absolute Gasteiger partial charge is 0.300 e. The van der Waals surface area contributed by atoms with Gasteiger partial charge in [0.05, 0.1) is 0 Å². The Morgan fingerprint density at radius 3 is 1.75 bits per heavy atom. The van der Waals surface area contributed by atoms with Crippen LogP contribution in [0.5, 0.6) is 0 Å². The highest BCUT2D eigenvalue weighted by atomic mass is 16.7. The highest BCUT2D eigenvalue weighted by Gasteiger charge is 2.15. The van der Waals surface area contributed by atoms with Gasteiger partial charge < -0.3 is 26.2 Å². The van der Waals surface area contributed by atoms with E-state index in [1.807, 2.05) is 0 Å². The lowest BCUT2D eigenvalue weighted by atomic mass is 10.6. The molecule has 0 heterocycles.